The summed E-state index contributed by atoms with van der Waals surface area (Å²) < 4.78 is 54.6. The highest BCUT2D eigenvalue weighted by Crippen LogP contribution is 2.35. The number of hydrogen-bond donors (Lipinski definition) is 0. The molecule has 0 aromatic heterocycles. The standard InChI is InChI=1S/C22H23N3O6S2/c26-21-17-5-1-2-6-19(17)32(28,29)20-15-16(7-8-18(20)21)22(27)23-11-13-25(14-12-23)33(30,31)24-9-3-4-10-24/h1-2,5-8,15H,3-4,9-14H2. The lowest BCUT2D eigenvalue weighted by Gasteiger charge is -2.36. The minimum absolute atomic E-state index is 0.0479. The van der Waals surface area contributed by atoms with E-state index in [1.807, 2.05) is 0 Å². The molecule has 2 aromatic carbocycles. The van der Waals surface area contributed by atoms with Gasteiger partial charge in [-0.05, 0) is 43.2 Å². The Morgan fingerprint density at radius 1 is 0.788 bits per heavy atom. The van der Waals surface area contributed by atoms with Crippen LogP contribution in [0, 0.1) is 0 Å². The Hall–Kier alpha value is -2.60. The van der Waals surface area contributed by atoms with Crippen LogP contribution in [0.3, 0.4) is 0 Å². The first-order valence-electron chi connectivity index (χ1n) is 10.8. The van der Waals surface area contributed by atoms with Crippen LogP contribution in [0.1, 0.15) is 39.1 Å². The van der Waals surface area contributed by atoms with Gasteiger partial charge in [-0.15, -0.1) is 0 Å². The van der Waals surface area contributed by atoms with Gasteiger partial charge in [0.05, 0.1) is 9.79 Å². The Labute approximate surface area is 192 Å². The van der Waals surface area contributed by atoms with Crippen LogP contribution in [0.2, 0.25) is 0 Å². The molecule has 3 aliphatic heterocycles. The number of carbonyl (C=O) groups excluding carboxylic acids is 2. The number of benzene rings is 2. The maximum Gasteiger partial charge on any atom is 0.282 e. The largest absolute Gasteiger partial charge is 0.336 e. The highest BCUT2D eigenvalue weighted by Gasteiger charge is 2.37. The molecule has 0 radical (unpaired) electrons. The van der Waals surface area contributed by atoms with Crippen LogP contribution in [-0.4, -0.2) is 81.3 Å². The molecule has 2 saturated heterocycles. The van der Waals surface area contributed by atoms with Crippen LogP contribution in [-0.2, 0) is 20.0 Å². The van der Waals surface area contributed by atoms with Crippen LogP contribution >= 0.6 is 0 Å². The number of rotatable bonds is 3. The van der Waals surface area contributed by atoms with Crippen LogP contribution in [0.15, 0.2) is 52.3 Å². The minimum Gasteiger partial charge on any atom is -0.336 e. The normalized spacial score (nSPS) is 21.0. The molecule has 3 aliphatic rings. The quantitative estimate of drug-likeness (QED) is 0.546. The lowest BCUT2D eigenvalue weighted by molar-refractivity contribution is 0.0694. The van der Waals surface area contributed by atoms with E-state index in [0.717, 1.165) is 12.8 Å². The summed E-state index contributed by atoms with van der Waals surface area (Å²) in [5.41, 5.74) is 0.326. The fourth-order valence-corrected chi connectivity index (χ4v) is 7.95. The van der Waals surface area contributed by atoms with E-state index in [0.29, 0.717) is 13.1 Å². The van der Waals surface area contributed by atoms with Gasteiger partial charge >= 0.3 is 0 Å². The molecular weight excluding hydrogens is 466 g/mol. The Morgan fingerprint density at radius 2 is 1.39 bits per heavy atom. The third kappa shape index (κ3) is 3.59. The first-order chi connectivity index (χ1) is 15.7. The summed E-state index contributed by atoms with van der Waals surface area (Å²) in [5, 5.41) is 0. The zero-order valence-corrected chi connectivity index (χ0v) is 19.4. The predicted molar refractivity (Wildman–Crippen MR) is 119 cm³/mol. The van der Waals surface area contributed by atoms with Crippen molar-refractivity contribution in [1.29, 1.82) is 0 Å². The second-order valence-corrected chi connectivity index (χ2v) is 12.2. The molecule has 0 bridgehead atoms. The van der Waals surface area contributed by atoms with E-state index in [-0.39, 0.29) is 52.7 Å². The zero-order valence-electron chi connectivity index (χ0n) is 17.8. The van der Waals surface area contributed by atoms with Crippen LogP contribution < -0.4 is 0 Å². The van der Waals surface area contributed by atoms with Gasteiger partial charge in [0.15, 0.2) is 5.78 Å². The summed E-state index contributed by atoms with van der Waals surface area (Å²) in [5.74, 6) is -0.785. The lowest BCUT2D eigenvalue weighted by atomic mass is 10.0. The molecule has 0 unspecified atom stereocenters. The van der Waals surface area contributed by atoms with Crippen LogP contribution in [0.5, 0.6) is 0 Å². The van der Waals surface area contributed by atoms with Crippen molar-refractivity contribution in [3.8, 4) is 0 Å². The van der Waals surface area contributed by atoms with Gasteiger partial charge in [-0.1, -0.05) is 12.1 Å². The van der Waals surface area contributed by atoms with Crippen molar-refractivity contribution < 1.29 is 26.4 Å². The number of sulfone groups is 1. The molecule has 0 spiro atoms. The first kappa shape index (κ1) is 22.2. The van der Waals surface area contributed by atoms with Crippen LogP contribution in [0.4, 0.5) is 0 Å². The summed E-state index contributed by atoms with van der Waals surface area (Å²) in [6.07, 6.45) is 1.71. The highest BCUT2D eigenvalue weighted by molar-refractivity contribution is 7.91. The second kappa shape index (κ2) is 8.01. The Balaban J connectivity index is 1.37. The van der Waals surface area contributed by atoms with Crippen molar-refractivity contribution in [2.45, 2.75) is 22.6 Å². The second-order valence-electron chi connectivity index (χ2n) is 8.34. The molecule has 11 heteroatoms. The third-order valence-electron chi connectivity index (χ3n) is 6.43. The summed E-state index contributed by atoms with van der Waals surface area (Å²) in [6.45, 7) is 1.81. The summed E-state index contributed by atoms with van der Waals surface area (Å²) in [4.78, 5) is 27.2. The number of piperazine rings is 1. The lowest BCUT2D eigenvalue weighted by Crippen LogP contribution is -2.53. The average Bonchev–Trinajstić information content (AvgIpc) is 3.38. The van der Waals surface area contributed by atoms with Crippen molar-refractivity contribution in [3.63, 3.8) is 0 Å². The summed E-state index contributed by atoms with van der Waals surface area (Å²) >= 11 is 0. The molecule has 5 rings (SSSR count). The molecule has 9 nitrogen and oxygen atoms in total. The molecule has 3 heterocycles. The number of carbonyl (C=O) groups is 2. The molecule has 174 valence electrons. The van der Waals surface area contributed by atoms with Gasteiger partial charge in [0.1, 0.15) is 0 Å². The summed E-state index contributed by atoms with van der Waals surface area (Å²) in [7, 11) is -7.47. The van der Waals surface area contributed by atoms with E-state index in [2.05, 4.69) is 0 Å². The topological polar surface area (TPSA) is 112 Å². The summed E-state index contributed by atoms with van der Waals surface area (Å²) in [6, 6.07) is 10.1. The fraction of sp³-hybridized carbons (Fsp3) is 0.364. The third-order valence-corrected chi connectivity index (χ3v) is 10.3. The van der Waals surface area contributed by atoms with E-state index in [9.17, 15) is 26.4 Å². The van der Waals surface area contributed by atoms with Crippen molar-refractivity contribution in [1.82, 2.24) is 13.5 Å². The molecule has 0 aliphatic carbocycles. The minimum atomic E-state index is -3.94. The molecule has 33 heavy (non-hydrogen) atoms. The van der Waals surface area contributed by atoms with Gasteiger partial charge < -0.3 is 4.90 Å². The molecule has 0 atom stereocenters. The fourth-order valence-electron chi connectivity index (χ4n) is 4.60. The zero-order chi connectivity index (χ0) is 23.4. The van der Waals surface area contributed by atoms with E-state index in [1.54, 1.807) is 12.1 Å². The Bertz CT molecular complexity index is 1360. The Morgan fingerprint density at radius 3 is 2.09 bits per heavy atom. The Kier molecular flexibility index (Phi) is 5.39. The number of amides is 1. The molecule has 2 fully saturated rings. The van der Waals surface area contributed by atoms with Gasteiger partial charge in [-0.2, -0.15) is 17.0 Å². The maximum atomic E-state index is 13.1. The van der Waals surface area contributed by atoms with Crippen molar-refractivity contribution in [3.05, 3.63) is 59.2 Å². The smallest absolute Gasteiger partial charge is 0.282 e. The highest BCUT2D eigenvalue weighted by atomic mass is 32.2. The number of fused-ring (bicyclic) bond motifs is 2. The van der Waals surface area contributed by atoms with Crippen molar-refractivity contribution in [2.75, 3.05) is 39.3 Å². The van der Waals surface area contributed by atoms with Gasteiger partial charge in [0.2, 0.25) is 9.84 Å². The molecular formula is C22H23N3O6S2. The SMILES string of the molecule is O=C1c2ccccc2S(=O)(=O)c2cc(C(=O)N3CCN(S(=O)(=O)N4CCCC4)CC3)ccc21. The van der Waals surface area contributed by atoms with E-state index in [4.69, 9.17) is 0 Å². The number of nitrogens with zero attached hydrogens (tertiary/aromatic N) is 3. The molecule has 2 aromatic rings. The number of ketones is 1. The van der Waals surface area contributed by atoms with Gasteiger partial charge in [-0.3, -0.25) is 9.59 Å². The van der Waals surface area contributed by atoms with E-state index in [1.165, 1.54) is 43.8 Å². The predicted octanol–water partition coefficient (Wildman–Crippen LogP) is 1.16. The van der Waals surface area contributed by atoms with Crippen molar-refractivity contribution in [2.24, 2.45) is 0 Å². The van der Waals surface area contributed by atoms with E-state index < -0.39 is 31.7 Å². The molecule has 0 N–H and O–H groups in total. The monoisotopic (exact) mass is 489 g/mol. The first-order valence-corrected chi connectivity index (χ1v) is 13.7. The van der Waals surface area contributed by atoms with Gasteiger partial charge in [0, 0.05) is 56.0 Å². The van der Waals surface area contributed by atoms with Gasteiger partial charge in [-0.25, -0.2) is 8.42 Å². The van der Waals surface area contributed by atoms with Crippen LogP contribution in [0.25, 0.3) is 0 Å². The van der Waals surface area contributed by atoms with E-state index >= 15 is 0 Å². The average molecular weight is 490 g/mol. The maximum absolute atomic E-state index is 13.1. The molecule has 1 amide bonds. The molecule has 0 saturated carbocycles. The number of hydrogen-bond acceptors (Lipinski definition) is 6. The van der Waals surface area contributed by atoms with Crippen molar-refractivity contribution >= 4 is 31.7 Å². The van der Waals surface area contributed by atoms with Gasteiger partial charge in [0.25, 0.3) is 16.1 Å².